The van der Waals surface area contributed by atoms with Gasteiger partial charge in [0.15, 0.2) is 23.9 Å². The third-order valence-electron chi connectivity index (χ3n) is 6.84. The minimum Gasteiger partial charge on any atom is -0.493 e. The summed E-state index contributed by atoms with van der Waals surface area (Å²) in [5.41, 5.74) is 2.17. The van der Waals surface area contributed by atoms with E-state index in [4.69, 9.17) is 14.2 Å². The van der Waals surface area contributed by atoms with Crippen LogP contribution in [0.2, 0.25) is 0 Å². The molecule has 0 N–H and O–H groups in total. The van der Waals surface area contributed by atoms with Crippen molar-refractivity contribution in [3.63, 3.8) is 0 Å². The Morgan fingerprint density at radius 1 is 0.583 bits per heavy atom. The van der Waals surface area contributed by atoms with Gasteiger partial charge in [-0.1, -0.05) is 96.1 Å². The zero-order chi connectivity index (χ0) is 25.8. The summed E-state index contributed by atoms with van der Waals surface area (Å²) in [5, 5.41) is 0. The molecule has 0 saturated heterocycles. The van der Waals surface area contributed by atoms with Crippen molar-refractivity contribution in [2.24, 2.45) is 0 Å². The van der Waals surface area contributed by atoms with Crippen molar-refractivity contribution in [1.29, 1.82) is 0 Å². The van der Waals surface area contributed by atoms with Crippen molar-refractivity contribution < 1.29 is 18.8 Å². The highest BCUT2D eigenvalue weighted by Crippen LogP contribution is 2.38. The number of hydrogen-bond donors (Lipinski definition) is 0. The Morgan fingerprint density at radius 3 is 1.47 bits per heavy atom. The molecule has 2 aromatic rings. The molecule has 0 amide bonds. The van der Waals surface area contributed by atoms with Gasteiger partial charge in [-0.3, -0.25) is 0 Å². The Balaban J connectivity index is 1.60. The average Bonchev–Trinajstić information content (AvgIpc) is 2.92. The van der Waals surface area contributed by atoms with Crippen LogP contribution in [0.3, 0.4) is 0 Å². The van der Waals surface area contributed by atoms with E-state index in [1.54, 1.807) is 21.3 Å². The lowest BCUT2D eigenvalue weighted by atomic mass is 10.0. The highest BCUT2D eigenvalue weighted by Gasteiger charge is 2.12. The topological polar surface area (TPSA) is 31.6 Å². The van der Waals surface area contributed by atoms with Gasteiger partial charge in [0.1, 0.15) is 6.54 Å². The molecule has 0 fully saturated rings. The number of pyridine rings is 1. The molecular weight excluding hydrogens is 446 g/mol. The van der Waals surface area contributed by atoms with Crippen molar-refractivity contribution in [3.8, 4) is 17.2 Å². The molecule has 0 aliphatic carbocycles. The molecule has 0 aliphatic rings. The van der Waals surface area contributed by atoms with E-state index in [9.17, 15) is 0 Å². The molecule has 200 valence electrons. The maximum atomic E-state index is 5.45. The molecule has 36 heavy (non-hydrogen) atoms. The third-order valence-corrected chi connectivity index (χ3v) is 6.84. The highest BCUT2D eigenvalue weighted by molar-refractivity contribution is 5.72. The van der Waals surface area contributed by atoms with Gasteiger partial charge in [0.05, 0.1) is 21.3 Å². The van der Waals surface area contributed by atoms with E-state index in [0.29, 0.717) is 17.2 Å². The molecule has 0 radical (unpaired) electrons. The Morgan fingerprint density at radius 2 is 1.03 bits per heavy atom. The molecule has 0 unspecified atom stereocenters. The Hall–Kier alpha value is -2.49. The smallest absolute Gasteiger partial charge is 0.203 e. The van der Waals surface area contributed by atoms with E-state index >= 15 is 0 Å². The maximum Gasteiger partial charge on any atom is 0.203 e. The fourth-order valence-electron chi connectivity index (χ4n) is 4.61. The van der Waals surface area contributed by atoms with Crippen molar-refractivity contribution in [1.82, 2.24) is 0 Å². The van der Waals surface area contributed by atoms with Gasteiger partial charge in [-0.05, 0) is 29.7 Å². The van der Waals surface area contributed by atoms with Gasteiger partial charge < -0.3 is 14.2 Å². The van der Waals surface area contributed by atoms with Crippen molar-refractivity contribution in [2.75, 3.05) is 21.3 Å². The lowest BCUT2D eigenvalue weighted by Gasteiger charge is -2.12. The van der Waals surface area contributed by atoms with Crippen LogP contribution in [0.4, 0.5) is 0 Å². The summed E-state index contributed by atoms with van der Waals surface area (Å²) in [6, 6.07) is 8.24. The summed E-state index contributed by atoms with van der Waals surface area (Å²) in [5.74, 6) is 1.94. The van der Waals surface area contributed by atoms with E-state index in [1.807, 2.05) is 12.1 Å². The number of aromatic nitrogens is 1. The molecule has 4 heteroatoms. The van der Waals surface area contributed by atoms with Gasteiger partial charge in [-0.15, -0.1) is 0 Å². The number of unbranched alkanes of at least 4 members (excludes halogenated alkanes) is 13. The lowest BCUT2D eigenvalue weighted by molar-refractivity contribution is -0.697. The highest BCUT2D eigenvalue weighted by atomic mass is 16.5. The first-order valence-electron chi connectivity index (χ1n) is 14.2. The second kappa shape index (κ2) is 18.7. The molecule has 2 rings (SSSR count). The first-order valence-corrected chi connectivity index (χ1v) is 14.2. The van der Waals surface area contributed by atoms with Gasteiger partial charge in [0.25, 0.3) is 0 Å². The van der Waals surface area contributed by atoms with Crippen LogP contribution in [0.15, 0.2) is 36.7 Å². The number of methoxy groups -OCH3 is 3. The summed E-state index contributed by atoms with van der Waals surface area (Å²) in [6.07, 6.45) is 28.1. The Bertz CT molecular complexity index is 835. The fourth-order valence-corrected chi connectivity index (χ4v) is 4.61. The molecule has 0 aliphatic heterocycles. The second-order valence-electron chi connectivity index (χ2n) is 9.76. The zero-order valence-corrected chi connectivity index (χ0v) is 23.4. The van der Waals surface area contributed by atoms with E-state index in [2.05, 4.69) is 48.2 Å². The maximum absolute atomic E-state index is 5.45. The van der Waals surface area contributed by atoms with Crippen LogP contribution in [-0.4, -0.2) is 21.3 Å². The largest absolute Gasteiger partial charge is 0.493 e. The average molecular weight is 497 g/mol. The molecule has 0 saturated carbocycles. The SMILES string of the molecule is CCCCCCCCCCCCCCCC[n+]1ccc(/C=C/c2cc(OC)c(OC)c(OC)c2)cc1. The fraction of sp³-hybridized carbons (Fsp3) is 0.594. The van der Waals surface area contributed by atoms with Crippen molar-refractivity contribution >= 4 is 12.2 Å². The number of rotatable bonds is 20. The first-order chi connectivity index (χ1) is 17.7. The summed E-state index contributed by atoms with van der Waals surface area (Å²) in [6.45, 7) is 3.38. The second-order valence-corrected chi connectivity index (χ2v) is 9.76. The summed E-state index contributed by atoms with van der Waals surface area (Å²) in [4.78, 5) is 0. The predicted octanol–water partition coefficient (Wildman–Crippen LogP) is 8.65. The molecular formula is C32H50NO3+. The Labute approximate surface area is 220 Å². The van der Waals surface area contributed by atoms with Gasteiger partial charge in [-0.25, -0.2) is 4.57 Å². The molecule has 0 bridgehead atoms. The first kappa shape index (κ1) is 29.7. The molecule has 4 nitrogen and oxygen atoms in total. The summed E-state index contributed by atoms with van der Waals surface area (Å²) in [7, 11) is 4.89. The minimum absolute atomic E-state index is 0.612. The van der Waals surface area contributed by atoms with Crippen LogP contribution < -0.4 is 18.8 Å². The zero-order valence-electron chi connectivity index (χ0n) is 23.4. The van der Waals surface area contributed by atoms with Gasteiger partial charge in [0, 0.05) is 18.6 Å². The van der Waals surface area contributed by atoms with Crippen LogP contribution in [0.1, 0.15) is 108 Å². The number of aryl methyl sites for hydroxylation is 1. The van der Waals surface area contributed by atoms with Crippen LogP contribution >= 0.6 is 0 Å². The van der Waals surface area contributed by atoms with Gasteiger partial charge >= 0.3 is 0 Å². The van der Waals surface area contributed by atoms with Gasteiger partial charge in [0.2, 0.25) is 5.75 Å². The van der Waals surface area contributed by atoms with E-state index < -0.39 is 0 Å². The van der Waals surface area contributed by atoms with E-state index in [0.717, 1.165) is 12.1 Å². The standard InChI is InChI=1S/C32H50NO3/c1-5-6-7-8-9-10-11-12-13-14-15-16-17-18-23-33-24-21-28(22-25-33)19-20-29-26-30(34-2)32(36-4)31(27-29)35-3/h19-22,24-27H,5-18,23H2,1-4H3/q+1/b20-19+. The third kappa shape index (κ3) is 11.5. The van der Waals surface area contributed by atoms with Crippen LogP contribution in [0, 0.1) is 0 Å². The molecule has 1 heterocycles. The molecule has 1 aromatic carbocycles. The quantitative estimate of drug-likeness (QED) is 0.136. The van der Waals surface area contributed by atoms with Crippen molar-refractivity contribution in [3.05, 3.63) is 47.8 Å². The van der Waals surface area contributed by atoms with Crippen LogP contribution in [-0.2, 0) is 6.54 Å². The van der Waals surface area contributed by atoms with Gasteiger partial charge in [-0.2, -0.15) is 0 Å². The van der Waals surface area contributed by atoms with Crippen molar-refractivity contribution in [2.45, 2.75) is 103 Å². The number of hydrogen-bond acceptors (Lipinski definition) is 3. The minimum atomic E-state index is 0.612. The van der Waals surface area contributed by atoms with E-state index in [-0.39, 0.29) is 0 Å². The Kier molecular flexibility index (Phi) is 15.5. The molecule has 0 spiro atoms. The van der Waals surface area contributed by atoms with Crippen LogP contribution in [0.25, 0.3) is 12.2 Å². The normalized spacial score (nSPS) is 11.2. The summed E-state index contributed by atoms with van der Waals surface area (Å²) < 4.78 is 18.6. The number of nitrogens with zero attached hydrogens (tertiary/aromatic N) is 1. The number of ether oxygens (including phenoxy) is 3. The molecule has 0 atom stereocenters. The monoisotopic (exact) mass is 496 g/mol. The number of benzene rings is 1. The predicted molar refractivity (Wildman–Crippen MR) is 152 cm³/mol. The summed E-state index contributed by atoms with van der Waals surface area (Å²) >= 11 is 0. The van der Waals surface area contributed by atoms with Crippen LogP contribution in [0.5, 0.6) is 17.2 Å². The molecule has 1 aromatic heterocycles. The lowest BCUT2D eigenvalue weighted by Crippen LogP contribution is -2.32. The van der Waals surface area contributed by atoms with E-state index in [1.165, 1.54) is 95.5 Å².